The van der Waals surface area contributed by atoms with Gasteiger partial charge in [-0.05, 0) is 33.0 Å². The Hall–Kier alpha value is -1.20. The zero-order valence-corrected chi connectivity index (χ0v) is 10.1. The molecule has 1 rings (SSSR count). The van der Waals surface area contributed by atoms with E-state index in [-0.39, 0.29) is 11.9 Å². The summed E-state index contributed by atoms with van der Waals surface area (Å²) < 4.78 is 0. The van der Waals surface area contributed by atoms with Crippen LogP contribution in [0.4, 0.5) is 5.95 Å². The van der Waals surface area contributed by atoms with Crippen molar-refractivity contribution in [1.82, 2.24) is 15.3 Å². The molecule has 0 spiro atoms. The molecule has 0 unspecified atom stereocenters. The molecule has 6 heteroatoms. The van der Waals surface area contributed by atoms with Crippen LogP contribution in [0.1, 0.15) is 18.5 Å². The number of carbonyl (C=O) groups is 1. The van der Waals surface area contributed by atoms with E-state index < -0.39 is 0 Å². The van der Waals surface area contributed by atoms with Gasteiger partial charge in [0.15, 0.2) is 0 Å². The van der Waals surface area contributed by atoms with Gasteiger partial charge in [0, 0.05) is 12.1 Å². The molecule has 0 saturated carbocycles. The standard InChI is InChI=1S/C10H15ClN4O/c1-7-6-8(11)14-10(13-7)15-9(16)4-3-5-12-2/h6,12H,3-5H2,1-2H3,(H,13,14,15,16). The normalized spacial score (nSPS) is 10.2. The Morgan fingerprint density at radius 2 is 2.25 bits per heavy atom. The zero-order chi connectivity index (χ0) is 12.0. The van der Waals surface area contributed by atoms with Gasteiger partial charge in [-0.15, -0.1) is 0 Å². The predicted octanol–water partition coefficient (Wildman–Crippen LogP) is 1.38. The number of nitrogens with zero attached hydrogens (tertiary/aromatic N) is 2. The summed E-state index contributed by atoms with van der Waals surface area (Å²) in [6.45, 7) is 2.60. The number of halogens is 1. The number of hydrogen-bond donors (Lipinski definition) is 2. The average Bonchev–Trinajstić information content (AvgIpc) is 2.16. The minimum absolute atomic E-state index is 0.100. The van der Waals surface area contributed by atoms with Gasteiger partial charge in [-0.1, -0.05) is 11.6 Å². The third kappa shape index (κ3) is 4.55. The molecule has 1 heterocycles. The van der Waals surface area contributed by atoms with Gasteiger partial charge >= 0.3 is 0 Å². The first-order chi connectivity index (χ1) is 7.61. The van der Waals surface area contributed by atoms with E-state index in [2.05, 4.69) is 20.6 Å². The average molecular weight is 243 g/mol. The van der Waals surface area contributed by atoms with Crippen molar-refractivity contribution in [3.8, 4) is 0 Å². The fourth-order valence-corrected chi connectivity index (χ4v) is 1.44. The highest BCUT2D eigenvalue weighted by Crippen LogP contribution is 2.09. The molecule has 0 radical (unpaired) electrons. The second-order valence-electron chi connectivity index (χ2n) is 3.41. The molecular formula is C10H15ClN4O. The maximum Gasteiger partial charge on any atom is 0.231 e. The van der Waals surface area contributed by atoms with Crippen LogP contribution >= 0.6 is 11.6 Å². The smallest absolute Gasteiger partial charge is 0.231 e. The molecule has 0 fully saturated rings. The Morgan fingerprint density at radius 3 is 2.88 bits per heavy atom. The van der Waals surface area contributed by atoms with Crippen LogP contribution in [0.5, 0.6) is 0 Å². The summed E-state index contributed by atoms with van der Waals surface area (Å²) in [7, 11) is 1.85. The molecular weight excluding hydrogens is 228 g/mol. The number of nitrogens with one attached hydrogen (secondary N) is 2. The summed E-state index contributed by atoms with van der Waals surface area (Å²) in [6, 6.07) is 1.64. The molecule has 1 amide bonds. The minimum Gasteiger partial charge on any atom is -0.320 e. The van der Waals surface area contributed by atoms with Crippen molar-refractivity contribution < 1.29 is 4.79 Å². The molecule has 1 aromatic rings. The molecule has 2 N–H and O–H groups in total. The number of rotatable bonds is 5. The van der Waals surface area contributed by atoms with Crippen molar-refractivity contribution in [3.05, 3.63) is 16.9 Å². The first-order valence-electron chi connectivity index (χ1n) is 5.07. The van der Waals surface area contributed by atoms with Gasteiger partial charge < -0.3 is 5.32 Å². The quantitative estimate of drug-likeness (QED) is 0.605. The van der Waals surface area contributed by atoms with Gasteiger partial charge in [-0.25, -0.2) is 9.97 Å². The lowest BCUT2D eigenvalue weighted by Crippen LogP contribution is -2.16. The van der Waals surface area contributed by atoms with Crippen LogP contribution in [-0.4, -0.2) is 29.5 Å². The van der Waals surface area contributed by atoms with Gasteiger partial charge in [0.25, 0.3) is 0 Å². The predicted molar refractivity (Wildman–Crippen MR) is 63.6 cm³/mol. The summed E-state index contributed by atoms with van der Waals surface area (Å²) in [5.41, 5.74) is 0.727. The van der Waals surface area contributed by atoms with Crippen molar-refractivity contribution in [2.24, 2.45) is 0 Å². The Morgan fingerprint density at radius 1 is 1.50 bits per heavy atom. The van der Waals surface area contributed by atoms with Crippen LogP contribution < -0.4 is 10.6 Å². The highest BCUT2D eigenvalue weighted by Gasteiger charge is 2.05. The maximum atomic E-state index is 11.4. The molecule has 5 nitrogen and oxygen atoms in total. The second-order valence-corrected chi connectivity index (χ2v) is 3.80. The number of aryl methyl sites for hydroxylation is 1. The summed E-state index contributed by atoms with van der Waals surface area (Å²) >= 11 is 5.75. The molecule has 0 aliphatic rings. The Labute approximate surface area is 99.6 Å². The number of carbonyl (C=O) groups excluding carboxylic acids is 1. The van der Waals surface area contributed by atoms with Crippen molar-refractivity contribution >= 4 is 23.5 Å². The topological polar surface area (TPSA) is 66.9 Å². The van der Waals surface area contributed by atoms with Crippen LogP contribution in [0.15, 0.2) is 6.07 Å². The van der Waals surface area contributed by atoms with Crippen LogP contribution in [0, 0.1) is 6.92 Å². The fraction of sp³-hybridized carbons (Fsp3) is 0.500. The number of aromatic nitrogens is 2. The van der Waals surface area contributed by atoms with Crippen molar-refractivity contribution in [2.45, 2.75) is 19.8 Å². The van der Waals surface area contributed by atoms with E-state index in [1.807, 2.05) is 7.05 Å². The first-order valence-corrected chi connectivity index (χ1v) is 5.45. The van der Waals surface area contributed by atoms with E-state index in [1.54, 1.807) is 13.0 Å². The van der Waals surface area contributed by atoms with Gasteiger partial charge in [0.1, 0.15) is 5.15 Å². The van der Waals surface area contributed by atoms with Gasteiger partial charge in [0.05, 0.1) is 0 Å². The maximum absolute atomic E-state index is 11.4. The number of anilines is 1. The van der Waals surface area contributed by atoms with Crippen LogP contribution in [-0.2, 0) is 4.79 Å². The Balaban J connectivity index is 2.49. The monoisotopic (exact) mass is 242 g/mol. The molecule has 0 aromatic carbocycles. The van der Waals surface area contributed by atoms with Crippen molar-refractivity contribution in [2.75, 3.05) is 18.9 Å². The lowest BCUT2D eigenvalue weighted by Gasteiger charge is -2.04. The SMILES string of the molecule is CNCCCC(=O)Nc1nc(C)cc(Cl)n1. The zero-order valence-electron chi connectivity index (χ0n) is 9.38. The molecule has 0 bridgehead atoms. The van der Waals surface area contributed by atoms with E-state index >= 15 is 0 Å². The minimum atomic E-state index is -0.100. The second kappa shape index (κ2) is 6.40. The molecule has 0 saturated heterocycles. The number of amides is 1. The van der Waals surface area contributed by atoms with Gasteiger partial charge in [-0.3, -0.25) is 10.1 Å². The molecule has 0 atom stereocenters. The third-order valence-electron chi connectivity index (χ3n) is 1.90. The van der Waals surface area contributed by atoms with E-state index in [9.17, 15) is 4.79 Å². The van der Waals surface area contributed by atoms with E-state index in [0.29, 0.717) is 11.6 Å². The highest BCUT2D eigenvalue weighted by atomic mass is 35.5. The van der Waals surface area contributed by atoms with Crippen LogP contribution in [0.2, 0.25) is 5.15 Å². The molecule has 0 aliphatic carbocycles. The van der Waals surface area contributed by atoms with Gasteiger partial charge in [-0.2, -0.15) is 0 Å². The molecule has 16 heavy (non-hydrogen) atoms. The lowest BCUT2D eigenvalue weighted by molar-refractivity contribution is -0.116. The molecule has 88 valence electrons. The Bertz CT molecular complexity index is 350. The highest BCUT2D eigenvalue weighted by molar-refractivity contribution is 6.29. The fourth-order valence-electron chi connectivity index (χ4n) is 1.20. The lowest BCUT2D eigenvalue weighted by atomic mass is 10.3. The molecule has 0 aliphatic heterocycles. The summed E-state index contributed by atoms with van der Waals surface area (Å²) in [5.74, 6) is 0.163. The Kier molecular flexibility index (Phi) is 5.14. The number of hydrogen-bond acceptors (Lipinski definition) is 4. The van der Waals surface area contributed by atoms with Crippen molar-refractivity contribution in [1.29, 1.82) is 0 Å². The van der Waals surface area contributed by atoms with Gasteiger partial charge in [0.2, 0.25) is 11.9 Å². The van der Waals surface area contributed by atoms with Crippen LogP contribution in [0.3, 0.4) is 0 Å². The summed E-state index contributed by atoms with van der Waals surface area (Å²) in [6.07, 6.45) is 1.22. The summed E-state index contributed by atoms with van der Waals surface area (Å²) in [5, 5.41) is 5.91. The first kappa shape index (κ1) is 12.9. The third-order valence-corrected chi connectivity index (χ3v) is 2.10. The van der Waals surface area contributed by atoms with Crippen LogP contribution in [0.25, 0.3) is 0 Å². The van der Waals surface area contributed by atoms with E-state index in [4.69, 9.17) is 11.6 Å². The van der Waals surface area contributed by atoms with E-state index in [0.717, 1.165) is 18.7 Å². The summed E-state index contributed by atoms with van der Waals surface area (Å²) in [4.78, 5) is 19.4. The van der Waals surface area contributed by atoms with Crippen molar-refractivity contribution in [3.63, 3.8) is 0 Å². The largest absolute Gasteiger partial charge is 0.320 e. The van der Waals surface area contributed by atoms with E-state index in [1.165, 1.54) is 0 Å². The molecule has 1 aromatic heterocycles.